The highest BCUT2D eigenvalue weighted by Crippen LogP contribution is 2.28. The third-order valence-electron chi connectivity index (χ3n) is 2.76. The fourth-order valence-electron chi connectivity index (χ4n) is 1.77. The highest BCUT2D eigenvalue weighted by atomic mass is 19.4. The monoisotopic (exact) mass is 289 g/mol. The Morgan fingerprint density at radius 1 is 1.37 bits per heavy atom. The predicted octanol–water partition coefficient (Wildman–Crippen LogP) is -2.15. The van der Waals surface area contributed by atoms with Crippen LogP contribution in [0.2, 0.25) is 0 Å². The van der Waals surface area contributed by atoms with Crippen LogP contribution in [0.5, 0.6) is 0 Å². The van der Waals surface area contributed by atoms with Crippen molar-refractivity contribution >= 4 is 5.91 Å². The van der Waals surface area contributed by atoms with Crippen molar-refractivity contribution in [2.45, 2.75) is 43.2 Å². The van der Waals surface area contributed by atoms with Gasteiger partial charge in [0.25, 0.3) is 0 Å². The van der Waals surface area contributed by atoms with Crippen LogP contribution in [-0.2, 0) is 9.53 Å². The molecule has 1 saturated heterocycles. The highest BCUT2D eigenvalue weighted by Gasteiger charge is 2.53. The molecule has 1 aliphatic rings. The van der Waals surface area contributed by atoms with Gasteiger partial charge in [-0.25, -0.2) is 0 Å². The van der Waals surface area contributed by atoms with E-state index < -0.39 is 48.8 Å². The number of amides is 1. The molecule has 1 rings (SSSR count). The molecule has 1 heterocycles. The van der Waals surface area contributed by atoms with E-state index in [2.05, 4.69) is 0 Å². The third-order valence-corrected chi connectivity index (χ3v) is 2.76. The van der Waals surface area contributed by atoms with Crippen LogP contribution in [0.4, 0.5) is 13.2 Å². The van der Waals surface area contributed by atoms with Gasteiger partial charge in [-0.05, 0) is 6.92 Å². The first-order chi connectivity index (χ1) is 8.50. The minimum atomic E-state index is -5.21. The summed E-state index contributed by atoms with van der Waals surface area (Å²) in [7, 11) is 0. The SMILES string of the molecule is C[C@@]1(O)O[C@H](CO)[C@H](O)[C@H](O)[C@H]1NC(=O)C(F)(F)F. The van der Waals surface area contributed by atoms with Gasteiger partial charge in [-0.15, -0.1) is 0 Å². The molecule has 0 aromatic heterocycles. The zero-order chi connectivity index (χ0) is 15.0. The second-order valence-corrected chi connectivity index (χ2v) is 4.32. The zero-order valence-electron chi connectivity index (χ0n) is 9.76. The molecular formula is C9H14F3NO6. The lowest BCUT2D eigenvalue weighted by molar-refractivity contribution is -0.310. The standard InChI is InChI=1S/C9H14F3NO6/c1-8(18)6(13-7(17)9(10,11)12)5(16)4(15)3(2-14)19-8/h3-6,14-16,18H,2H2,1H3,(H,13,17)/t3-,4+,5+,6-,8-/m1/s1. The van der Waals surface area contributed by atoms with Crippen LogP contribution < -0.4 is 5.32 Å². The van der Waals surface area contributed by atoms with E-state index in [1.165, 1.54) is 5.32 Å². The lowest BCUT2D eigenvalue weighted by atomic mass is 9.91. The van der Waals surface area contributed by atoms with E-state index in [0.29, 0.717) is 0 Å². The Morgan fingerprint density at radius 2 is 1.89 bits per heavy atom. The number of carbonyl (C=O) groups is 1. The van der Waals surface area contributed by atoms with Crippen molar-refractivity contribution in [3.05, 3.63) is 0 Å². The third kappa shape index (κ3) is 3.34. The summed E-state index contributed by atoms with van der Waals surface area (Å²) in [6, 6.07) is -1.90. The molecule has 0 spiro atoms. The summed E-state index contributed by atoms with van der Waals surface area (Å²) >= 11 is 0. The number of hydrogen-bond acceptors (Lipinski definition) is 6. The van der Waals surface area contributed by atoms with Crippen LogP contribution in [0, 0.1) is 0 Å². The van der Waals surface area contributed by atoms with Crippen molar-refractivity contribution in [2.24, 2.45) is 0 Å². The maximum absolute atomic E-state index is 12.1. The number of halogens is 3. The minimum absolute atomic E-state index is 0.770. The summed E-state index contributed by atoms with van der Waals surface area (Å²) in [6.45, 7) is 0.125. The Bertz CT molecular complexity index is 347. The van der Waals surface area contributed by atoms with Gasteiger partial charge >= 0.3 is 12.1 Å². The fraction of sp³-hybridized carbons (Fsp3) is 0.889. The Morgan fingerprint density at radius 3 is 2.32 bits per heavy atom. The lowest BCUT2D eigenvalue weighted by Gasteiger charge is -2.46. The van der Waals surface area contributed by atoms with Crippen LogP contribution in [0.3, 0.4) is 0 Å². The molecule has 0 aliphatic carbocycles. The number of hydrogen-bond donors (Lipinski definition) is 5. The fourth-order valence-corrected chi connectivity index (χ4v) is 1.77. The van der Waals surface area contributed by atoms with E-state index >= 15 is 0 Å². The summed E-state index contributed by atoms with van der Waals surface area (Å²) in [5.41, 5.74) is 0. The first kappa shape index (κ1) is 16.1. The highest BCUT2D eigenvalue weighted by molar-refractivity contribution is 5.82. The second-order valence-electron chi connectivity index (χ2n) is 4.32. The van der Waals surface area contributed by atoms with Crippen LogP contribution in [0.1, 0.15) is 6.92 Å². The molecule has 5 N–H and O–H groups in total. The summed E-state index contributed by atoms with van der Waals surface area (Å²) in [5, 5.41) is 39.0. The molecule has 0 aromatic rings. The molecule has 10 heteroatoms. The largest absolute Gasteiger partial charge is 0.471 e. The first-order valence-electron chi connectivity index (χ1n) is 5.25. The van der Waals surface area contributed by atoms with E-state index in [9.17, 15) is 33.3 Å². The van der Waals surface area contributed by atoms with E-state index in [1.807, 2.05) is 0 Å². The molecule has 0 saturated carbocycles. The molecule has 112 valence electrons. The van der Waals surface area contributed by atoms with Crippen molar-refractivity contribution in [3.63, 3.8) is 0 Å². The number of nitrogens with one attached hydrogen (secondary N) is 1. The van der Waals surface area contributed by atoms with Gasteiger partial charge in [0.2, 0.25) is 0 Å². The van der Waals surface area contributed by atoms with E-state index in [1.54, 1.807) is 0 Å². The molecule has 0 unspecified atom stereocenters. The molecule has 1 fully saturated rings. The lowest BCUT2D eigenvalue weighted by Crippen LogP contribution is -2.70. The molecule has 0 radical (unpaired) electrons. The number of carbonyl (C=O) groups excluding carboxylic acids is 1. The van der Waals surface area contributed by atoms with Gasteiger partial charge in [-0.3, -0.25) is 4.79 Å². The predicted molar refractivity (Wildman–Crippen MR) is 52.6 cm³/mol. The quantitative estimate of drug-likeness (QED) is 0.395. The first-order valence-corrected chi connectivity index (χ1v) is 5.25. The average Bonchev–Trinajstić information content (AvgIpc) is 2.27. The van der Waals surface area contributed by atoms with Crippen molar-refractivity contribution in [1.29, 1.82) is 0 Å². The van der Waals surface area contributed by atoms with Gasteiger partial charge in [0.1, 0.15) is 24.4 Å². The Hall–Kier alpha value is -0.940. The van der Waals surface area contributed by atoms with Crippen molar-refractivity contribution in [1.82, 2.24) is 5.32 Å². The maximum atomic E-state index is 12.1. The normalized spacial score (nSPS) is 40.0. The van der Waals surface area contributed by atoms with Crippen LogP contribution in [0.25, 0.3) is 0 Å². The van der Waals surface area contributed by atoms with Crippen LogP contribution in [-0.4, -0.2) is 69.3 Å². The second kappa shape index (κ2) is 5.21. The van der Waals surface area contributed by atoms with Gasteiger partial charge in [0.05, 0.1) is 6.61 Å². The van der Waals surface area contributed by atoms with E-state index in [-0.39, 0.29) is 0 Å². The van der Waals surface area contributed by atoms with Crippen LogP contribution in [0.15, 0.2) is 0 Å². The van der Waals surface area contributed by atoms with Gasteiger partial charge in [-0.2, -0.15) is 13.2 Å². The smallest absolute Gasteiger partial charge is 0.394 e. The van der Waals surface area contributed by atoms with Crippen molar-refractivity contribution in [2.75, 3.05) is 6.61 Å². The number of rotatable bonds is 2. The minimum Gasteiger partial charge on any atom is -0.394 e. The molecule has 0 aromatic carbocycles. The van der Waals surface area contributed by atoms with Gasteiger partial charge in [0, 0.05) is 0 Å². The van der Waals surface area contributed by atoms with Crippen molar-refractivity contribution in [3.8, 4) is 0 Å². The van der Waals surface area contributed by atoms with Gasteiger partial charge < -0.3 is 30.5 Å². The molecule has 7 nitrogen and oxygen atoms in total. The average molecular weight is 289 g/mol. The molecule has 1 amide bonds. The van der Waals surface area contributed by atoms with Crippen molar-refractivity contribution < 1.29 is 43.1 Å². The Labute approximate surface area is 105 Å². The summed E-state index contributed by atoms with van der Waals surface area (Å²) in [5.74, 6) is -4.78. The molecule has 1 aliphatic heterocycles. The van der Waals surface area contributed by atoms with Crippen LogP contribution >= 0.6 is 0 Å². The Kier molecular flexibility index (Phi) is 4.42. The molecule has 0 bridgehead atoms. The number of aliphatic hydroxyl groups is 4. The Balaban J connectivity index is 2.90. The summed E-state index contributed by atoms with van der Waals surface area (Å²) in [4.78, 5) is 10.8. The number of ether oxygens (including phenoxy) is 1. The molecular weight excluding hydrogens is 275 g/mol. The number of alkyl halides is 3. The molecule has 19 heavy (non-hydrogen) atoms. The zero-order valence-corrected chi connectivity index (χ0v) is 9.76. The summed E-state index contributed by atoms with van der Waals surface area (Å²) in [6.07, 6.45) is -10.3. The van der Waals surface area contributed by atoms with Gasteiger partial charge in [-0.1, -0.05) is 0 Å². The topological polar surface area (TPSA) is 119 Å². The van der Waals surface area contributed by atoms with E-state index in [4.69, 9.17) is 9.84 Å². The maximum Gasteiger partial charge on any atom is 0.471 e. The number of aliphatic hydroxyl groups excluding tert-OH is 3. The molecule has 5 atom stereocenters. The summed E-state index contributed by atoms with van der Waals surface area (Å²) < 4.78 is 41.1. The van der Waals surface area contributed by atoms with E-state index in [0.717, 1.165) is 6.92 Å². The van der Waals surface area contributed by atoms with Gasteiger partial charge in [0.15, 0.2) is 5.79 Å².